The third kappa shape index (κ3) is 11.1. The number of aliphatic hydroxyl groups excluding tert-OH is 2. The Labute approximate surface area is 377 Å². The summed E-state index contributed by atoms with van der Waals surface area (Å²) in [6.45, 7) is 6.97. The molecule has 12 heteroatoms. The first kappa shape index (κ1) is 46.9. The Hall–Kier alpha value is -5.04. The van der Waals surface area contributed by atoms with Crippen molar-refractivity contribution in [3.8, 4) is 11.5 Å². The van der Waals surface area contributed by atoms with Gasteiger partial charge in [0.25, 0.3) is 0 Å². The fourth-order valence-corrected chi connectivity index (χ4v) is 10.7. The summed E-state index contributed by atoms with van der Waals surface area (Å²) in [7, 11) is 0. The molecule has 3 aliphatic carbocycles. The largest absolute Gasteiger partial charge is 0.459 e. The number of hydrogen-bond acceptors (Lipinski definition) is 9. The van der Waals surface area contributed by atoms with E-state index in [1.165, 1.54) is 25.0 Å². The molecule has 11 nitrogen and oxygen atoms in total. The second-order valence-corrected chi connectivity index (χ2v) is 17.8. The van der Waals surface area contributed by atoms with E-state index in [0.717, 1.165) is 67.2 Å². The summed E-state index contributed by atoms with van der Waals surface area (Å²) in [5, 5.41) is 27.6. The molecular weight excluding hydrogens is 814 g/mol. The van der Waals surface area contributed by atoms with Gasteiger partial charge in [-0.25, -0.2) is 9.18 Å². The fraction of sp³-hybridized carbons (Fsp3) is 0.519. The maximum atomic E-state index is 15.1. The molecule has 1 heterocycles. The number of nitrogens with one attached hydrogen (secondary N) is 1. The zero-order valence-corrected chi connectivity index (χ0v) is 37.3. The van der Waals surface area contributed by atoms with Crippen LogP contribution in [0.25, 0.3) is 0 Å². The first-order valence-electron chi connectivity index (χ1n) is 23.5. The molecule has 344 valence electrons. The lowest BCUT2D eigenvalue weighted by molar-refractivity contribution is -0.258. The summed E-state index contributed by atoms with van der Waals surface area (Å²) in [5.41, 5.74) is 4.16. The van der Waals surface area contributed by atoms with Crippen LogP contribution in [0.1, 0.15) is 113 Å². The van der Waals surface area contributed by atoms with E-state index < -0.39 is 23.8 Å². The topological polar surface area (TPSA) is 139 Å². The van der Waals surface area contributed by atoms with Gasteiger partial charge < -0.3 is 39.5 Å². The Kier molecular flexibility index (Phi) is 16.7. The number of carbonyl (C=O) groups excluding carboxylic acids is 2. The molecule has 0 saturated heterocycles. The summed E-state index contributed by atoms with van der Waals surface area (Å²) in [6.07, 6.45) is 13.7. The molecule has 1 aliphatic heterocycles. The molecule has 3 aromatic rings. The molecule has 2 saturated carbocycles. The number of oxime groups is 1. The third-order valence-corrected chi connectivity index (χ3v) is 13.6. The van der Waals surface area contributed by atoms with Crippen molar-refractivity contribution < 1.29 is 43.2 Å². The van der Waals surface area contributed by atoms with Crippen LogP contribution in [0, 0.1) is 29.5 Å². The number of hydrogen-bond donors (Lipinski definition) is 3. The number of carbonyl (C=O) groups is 2. The summed E-state index contributed by atoms with van der Waals surface area (Å²) >= 11 is 0. The number of allylic oxidation sites excluding steroid dienone is 1. The van der Waals surface area contributed by atoms with Crippen LogP contribution in [0.4, 0.5) is 9.18 Å². The average Bonchev–Trinajstić information content (AvgIpc) is 3.83. The monoisotopic (exact) mass is 879 g/mol. The van der Waals surface area contributed by atoms with Crippen molar-refractivity contribution in [2.45, 2.75) is 121 Å². The van der Waals surface area contributed by atoms with Crippen LogP contribution in [0.15, 0.2) is 102 Å². The zero-order chi connectivity index (χ0) is 44.9. The minimum Gasteiger partial charge on any atom is -0.459 e. The van der Waals surface area contributed by atoms with E-state index in [0.29, 0.717) is 48.9 Å². The standard InChI is InChI=1S/C52H66FN3O8/c1-3-30-61-52-47(56(34-37-20-23-40(53)24-21-37)48(59)27-22-36-14-8-9-15-36)33-45(55-62-35-38-16-6-5-7-17-38)43-31-39(18-10-12-28-57)42(19-11-13-29-58)49(50(43)52)44-32-41(25-26-46(44)64-52)63-51(60)54-4-2/h3,5-7,16-17,20-21,23-26,31-32,36,39,42,47,49-50,57-58H,1,4,8-15,18-19,22,27-30,33-35H2,2H3,(H,54,60)/t39-,42+,47-,49+,50+,52+/m0/s1. The first-order valence-corrected chi connectivity index (χ1v) is 23.5. The maximum absolute atomic E-state index is 15.1. The van der Waals surface area contributed by atoms with E-state index in [-0.39, 0.29) is 68.9 Å². The number of benzene rings is 3. The molecule has 64 heavy (non-hydrogen) atoms. The van der Waals surface area contributed by atoms with Crippen LogP contribution < -0.4 is 14.8 Å². The maximum Gasteiger partial charge on any atom is 0.412 e. The molecular formula is C52H66FN3O8. The van der Waals surface area contributed by atoms with Gasteiger partial charge in [0.2, 0.25) is 11.7 Å². The lowest BCUT2D eigenvalue weighted by atomic mass is 9.55. The summed E-state index contributed by atoms with van der Waals surface area (Å²) in [6, 6.07) is 20.9. The molecule has 0 spiro atoms. The van der Waals surface area contributed by atoms with Crippen molar-refractivity contribution in [2.75, 3.05) is 26.4 Å². The lowest BCUT2D eigenvalue weighted by Crippen LogP contribution is -2.70. The van der Waals surface area contributed by atoms with Gasteiger partial charge in [-0.1, -0.05) is 98.3 Å². The van der Waals surface area contributed by atoms with E-state index >= 15 is 4.79 Å². The van der Waals surface area contributed by atoms with Crippen molar-refractivity contribution in [3.63, 3.8) is 0 Å². The molecule has 7 rings (SSSR count). The van der Waals surface area contributed by atoms with Crippen molar-refractivity contribution >= 4 is 17.7 Å². The van der Waals surface area contributed by atoms with Gasteiger partial charge in [-0.05, 0) is 104 Å². The van der Waals surface area contributed by atoms with Gasteiger partial charge in [-0.15, -0.1) is 6.58 Å². The highest BCUT2D eigenvalue weighted by atomic mass is 19.1. The van der Waals surface area contributed by atoms with Crippen molar-refractivity contribution in [3.05, 3.63) is 120 Å². The minimum absolute atomic E-state index is 0.0121. The number of ether oxygens (including phenoxy) is 3. The first-order chi connectivity index (χ1) is 31.3. The van der Waals surface area contributed by atoms with Gasteiger partial charge in [-0.3, -0.25) is 4.79 Å². The highest BCUT2D eigenvalue weighted by Gasteiger charge is 2.65. The van der Waals surface area contributed by atoms with Crippen LogP contribution in [0.2, 0.25) is 0 Å². The van der Waals surface area contributed by atoms with Crippen LogP contribution >= 0.6 is 0 Å². The lowest BCUT2D eigenvalue weighted by Gasteiger charge is -2.60. The van der Waals surface area contributed by atoms with Crippen LogP contribution in [-0.4, -0.2) is 71.0 Å². The second-order valence-electron chi connectivity index (χ2n) is 17.8. The van der Waals surface area contributed by atoms with E-state index in [4.69, 9.17) is 24.2 Å². The molecule has 6 atom stereocenters. The van der Waals surface area contributed by atoms with Crippen molar-refractivity contribution in [1.29, 1.82) is 0 Å². The van der Waals surface area contributed by atoms with Crippen LogP contribution in [0.5, 0.6) is 11.5 Å². The quantitative estimate of drug-likeness (QED) is 0.0515. The molecule has 0 aromatic heterocycles. The Morgan fingerprint density at radius 3 is 2.44 bits per heavy atom. The summed E-state index contributed by atoms with van der Waals surface area (Å²) < 4.78 is 34.8. The molecule has 3 aromatic carbocycles. The Morgan fingerprint density at radius 2 is 1.72 bits per heavy atom. The van der Waals surface area contributed by atoms with E-state index in [2.05, 4.69) is 18.0 Å². The molecule has 0 radical (unpaired) electrons. The highest BCUT2D eigenvalue weighted by Crippen LogP contribution is 2.62. The van der Waals surface area contributed by atoms with Gasteiger partial charge in [-0.2, -0.15) is 0 Å². The molecule has 2 amide bonds. The third-order valence-electron chi connectivity index (χ3n) is 13.6. The number of halogens is 1. The number of aliphatic hydroxyl groups is 2. The van der Waals surface area contributed by atoms with E-state index in [1.807, 2.05) is 54.3 Å². The van der Waals surface area contributed by atoms with Crippen molar-refractivity contribution in [1.82, 2.24) is 10.2 Å². The second kappa shape index (κ2) is 22.7. The smallest absolute Gasteiger partial charge is 0.412 e. The van der Waals surface area contributed by atoms with Gasteiger partial charge in [0, 0.05) is 50.6 Å². The fourth-order valence-electron chi connectivity index (χ4n) is 10.7. The molecule has 4 aliphatic rings. The van der Waals surface area contributed by atoms with E-state index in [1.54, 1.807) is 24.3 Å². The van der Waals surface area contributed by atoms with Gasteiger partial charge in [0.15, 0.2) is 0 Å². The van der Waals surface area contributed by atoms with Crippen LogP contribution in [-0.2, 0) is 27.5 Å². The number of nitrogens with zero attached hydrogens (tertiary/aromatic N) is 2. The van der Waals surface area contributed by atoms with Crippen LogP contribution in [0.3, 0.4) is 0 Å². The Morgan fingerprint density at radius 1 is 0.969 bits per heavy atom. The number of fused-ring (bicyclic) bond motifs is 2. The number of rotatable bonds is 22. The summed E-state index contributed by atoms with van der Waals surface area (Å²) in [5.74, 6) is -1.30. The molecule has 2 fully saturated rings. The predicted molar refractivity (Wildman–Crippen MR) is 244 cm³/mol. The Balaban J connectivity index is 1.44. The normalized spacial score (nSPS) is 24.2. The van der Waals surface area contributed by atoms with Gasteiger partial charge in [0.1, 0.15) is 30.0 Å². The molecule has 0 unspecified atom stereocenters. The minimum atomic E-state index is -1.47. The molecule has 0 bridgehead atoms. The highest BCUT2D eigenvalue weighted by molar-refractivity contribution is 6.03. The number of amides is 2. The number of unbranched alkanes of at least 4 members (excludes halogenated alkanes) is 2. The average molecular weight is 880 g/mol. The van der Waals surface area contributed by atoms with Gasteiger partial charge >= 0.3 is 6.09 Å². The van der Waals surface area contributed by atoms with Gasteiger partial charge in [0.05, 0.1) is 18.2 Å². The Bertz CT molecular complexity index is 2070. The van der Waals surface area contributed by atoms with Crippen molar-refractivity contribution in [2.24, 2.45) is 28.8 Å². The summed E-state index contributed by atoms with van der Waals surface area (Å²) in [4.78, 5) is 36.1. The predicted octanol–water partition coefficient (Wildman–Crippen LogP) is 9.77. The zero-order valence-electron chi connectivity index (χ0n) is 37.3. The SMILES string of the molecule is C=CCO[C@@]12Oc3ccc(OC(=O)NCC)cc3[C@H]3[C@H](CCCCO)[C@@H](CCCCO)C=C(C(=NOCc4ccccc4)C[C@@H]1N(Cc1ccc(F)cc1)C(=O)CCC1CCCC1)[C@H]32. The van der Waals surface area contributed by atoms with E-state index in [9.17, 15) is 19.4 Å². The molecule has 3 N–H and O–H groups in total.